The molecule has 106 valence electrons. The number of ether oxygens (including phenoxy) is 2. The van der Waals surface area contributed by atoms with Gasteiger partial charge in [0.05, 0.1) is 12.6 Å². The Hall–Kier alpha value is -2.00. The van der Waals surface area contributed by atoms with Gasteiger partial charge in [0, 0.05) is 6.92 Å². The number of nitro groups is 1. The van der Waals surface area contributed by atoms with Crippen LogP contribution in [0.4, 0.5) is 5.82 Å². The van der Waals surface area contributed by atoms with E-state index in [9.17, 15) is 14.9 Å². The molecule has 1 heterocycles. The van der Waals surface area contributed by atoms with Crippen molar-refractivity contribution in [3.8, 4) is 0 Å². The highest BCUT2D eigenvalue weighted by Crippen LogP contribution is 2.14. The first-order valence-electron chi connectivity index (χ1n) is 5.59. The van der Waals surface area contributed by atoms with E-state index in [0.29, 0.717) is 5.82 Å². The maximum absolute atomic E-state index is 10.8. The predicted molar refractivity (Wildman–Crippen MR) is 64.2 cm³/mol. The van der Waals surface area contributed by atoms with Crippen molar-refractivity contribution in [3.05, 3.63) is 22.1 Å². The number of carbonyl (C=O) groups is 1. The summed E-state index contributed by atoms with van der Waals surface area (Å²) in [5.41, 5.74) is 5.05. The van der Waals surface area contributed by atoms with E-state index in [0.717, 1.165) is 0 Å². The molecule has 2 N–H and O–H groups in total. The molecule has 0 fully saturated rings. The van der Waals surface area contributed by atoms with Gasteiger partial charge in [0.25, 0.3) is 0 Å². The highest BCUT2D eigenvalue weighted by atomic mass is 16.7. The van der Waals surface area contributed by atoms with Crippen molar-refractivity contribution >= 4 is 11.8 Å². The normalized spacial score (nSPS) is 12.2. The lowest BCUT2D eigenvalue weighted by atomic mass is 10.4. The number of hydrogen-bond acceptors (Lipinski definition) is 7. The first-order valence-corrected chi connectivity index (χ1v) is 5.59. The summed E-state index contributed by atoms with van der Waals surface area (Å²) in [5.74, 6) is -0.162. The molecular weight excluding hydrogens is 256 g/mol. The van der Waals surface area contributed by atoms with E-state index < -0.39 is 10.9 Å². The molecule has 1 aromatic rings. The molecule has 0 saturated carbocycles. The van der Waals surface area contributed by atoms with Crippen LogP contribution in [0.15, 0.2) is 6.20 Å². The van der Waals surface area contributed by atoms with Gasteiger partial charge in [-0.05, 0) is 11.8 Å². The third-order valence-corrected chi connectivity index (χ3v) is 2.40. The average molecular weight is 272 g/mol. The molecular formula is C10H16N4O5. The predicted octanol–water partition coefficient (Wildman–Crippen LogP) is -0.0358. The van der Waals surface area contributed by atoms with Crippen LogP contribution in [-0.2, 0) is 20.8 Å². The van der Waals surface area contributed by atoms with E-state index in [-0.39, 0.29) is 31.8 Å². The third-order valence-electron chi connectivity index (χ3n) is 2.40. The van der Waals surface area contributed by atoms with Gasteiger partial charge in [-0.25, -0.2) is 9.55 Å². The zero-order valence-corrected chi connectivity index (χ0v) is 10.7. The molecule has 0 spiro atoms. The van der Waals surface area contributed by atoms with E-state index >= 15 is 0 Å². The van der Waals surface area contributed by atoms with Crippen molar-refractivity contribution in [2.45, 2.75) is 26.5 Å². The van der Waals surface area contributed by atoms with Gasteiger partial charge in [-0.3, -0.25) is 4.79 Å². The van der Waals surface area contributed by atoms with Crippen LogP contribution < -0.4 is 5.73 Å². The molecule has 0 bridgehead atoms. The summed E-state index contributed by atoms with van der Waals surface area (Å²) < 4.78 is 11.3. The lowest BCUT2D eigenvalue weighted by Gasteiger charge is -2.12. The van der Waals surface area contributed by atoms with Crippen molar-refractivity contribution in [2.24, 2.45) is 5.73 Å². The van der Waals surface area contributed by atoms with Gasteiger partial charge in [-0.15, -0.1) is 0 Å². The molecule has 0 saturated heterocycles. The first kappa shape index (κ1) is 15.1. The summed E-state index contributed by atoms with van der Waals surface area (Å²) in [5, 5.41) is 10.8. The molecule has 9 nitrogen and oxygen atoms in total. The second kappa shape index (κ2) is 6.81. The standard InChI is InChI=1S/C10H16N4O5/c1-7(18-6-19-10(15)3-11)5-13-8(2)12-4-9(13)14(16)17/h4,7H,3,5-6,11H2,1-2H3/t7-/m0/s1. The molecule has 19 heavy (non-hydrogen) atoms. The highest BCUT2D eigenvalue weighted by molar-refractivity contribution is 5.71. The van der Waals surface area contributed by atoms with E-state index in [2.05, 4.69) is 9.72 Å². The van der Waals surface area contributed by atoms with Crippen molar-refractivity contribution in [1.82, 2.24) is 9.55 Å². The third kappa shape index (κ3) is 4.30. The number of esters is 1. The van der Waals surface area contributed by atoms with Crippen molar-refractivity contribution in [2.75, 3.05) is 13.3 Å². The second-order valence-electron chi connectivity index (χ2n) is 3.85. The minimum Gasteiger partial charge on any atom is -0.438 e. The lowest BCUT2D eigenvalue weighted by molar-refractivity contribution is -0.392. The Labute approximate surface area is 109 Å². The topological polar surface area (TPSA) is 123 Å². The first-order chi connectivity index (χ1) is 8.95. The van der Waals surface area contributed by atoms with Gasteiger partial charge in [0.2, 0.25) is 0 Å². The largest absolute Gasteiger partial charge is 0.438 e. The minimum atomic E-state index is -0.572. The molecule has 0 aliphatic rings. The Bertz CT molecular complexity index is 459. The Balaban J connectivity index is 2.52. The van der Waals surface area contributed by atoms with Gasteiger partial charge >= 0.3 is 11.8 Å². The summed E-state index contributed by atoms with van der Waals surface area (Å²) in [4.78, 5) is 24.9. The quantitative estimate of drug-likeness (QED) is 0.320. The Kier molecular flexibility index (Phi) is 5.39. The molecule has 1 rings (SSSR count). The molecule has 9 heteroatoms. The maximum Gasteiger partial charge on any atom is 0.342 e. The summed E-state index contributed by atoms with van der Waals surface area (Å²) in [6, 6.07) is 0. The second-order valence-corrected chi connectivity index (χ2v) is 3.85. The van der Waals surface area contributed by atoms with Gasteiger partial charge < -0.3 is 25.3 Å². The molecule has 0 aromatic carbocycles. The number of nitrogens with zero attached hydrogens (tertiary/aromatic N) is 3. The average Bonchev–Trinajstić information content (AvgIpc) is 2.71. The fourth-order valence-corrected chi connectivity index (χ4v) is 1.41. The zero-order valence-electron chi connectivity index (χ0n) is 10.7. The maximum atomic E-state index is 10.8. The highest BCUT2D eigenvalue weighted by Gasteiger charge is 2.20. The van der Waals surface area contributed by atoms with Crippen LogP contribution in [0.5, 0.6) is 0 Å². The molecule has 1 atom stereocenters. The summed E-state index contributed by atoms with van der Waals surface area (Å²) in [7, 11) is 0. The SMILES string of the molecule is Cc1ncc([N+](=O)[O-])n1C[C@H](C)OCOC(=O)CN. The molecule has 0 aliphatic carbocycles. The molecule has 1 aromatic heterocycles. The van der Waals surface area contributed by atoms with Crippen LogP contribution in [0.25, 0.3) is 0 Å². The number of rotatable bonds is 7. The van der Waals surface area contributed by atoms with E-state index in [1.165, 1.54) is 10.8 Å². The Morgan fingerprint density at radius 1 is 1.68 bits per heavy atom. The van der Waals surface area contributed by atoms with Crippen molar-refractivity contribution < 1.29 is 19.2 Å². The van der Waals surface area contributed by atoms with E-state index in [1.807, 2.05) is 0 Å². The molecule has 0 radical (unpaired) electrons. The Morgan fingerprint density at radius 3 is 2.95 bits per heavy atom. The fourth-order valence-electron chi connectivity index (χ4n) is 1.41. The van der Waals surface area contributed by atoms with Crippen molar-refractivity contribution in [3.63, 3.8) is 0 Å². The van der Waals surface area contributed by atoms with E-state index in [1.54, 1.807) is 13.8 Å². The zero-order chi connectivity index (χ0) is 14.4. The van der Waals surface area contributed by atoms with Crippen LogP contribution in [0, 0.1) is 17.0 Å². The fraction of sp³-hybridized carbons (Fsp3) is 0.600. The molecule has 0 aliphatic heterocycles. The van der Waals surface area contributed by atoms with Crippen LogP contribution in [-0.4, -0.2) is 39.9 Å². The number of aryl methyl sites for hydroxylation is 1. The van der Waals surface area contributed by atoms with Crippen LogP contribution in [0.3, 0.4) is 0 Å². The number of carbonyl (C=O) groups excluding carboxylic acids is 1. The smallest absolute Gasteiger partial charge is 0.342 e. The number of aromatic nitrogens is 2. The monoisotopic (exact) mass is 272 g/mol. The van der Waals surface area contributed by atoms with Crippen LogP contribution in [0.1, 0.15) is 12.7 Å². The lowest BCUT2D eigenvalue weighted by Crippen LogP contribution is -2.23. The van der Waals surface area contributed by atoms with Gasteiger partial charge in [0.1, 0.15) is 12.7 Å². The van der Waals surface area contributed by atoms with Crippen LogP contribution in [0.2, 0.25) is 0 Å². The number of hydrogen-bond donors (Lipinski definition) is 1. The van der Waals surface area contributed by atoms with Crippen LogP contribution >= 0.6 is 0 Å². The summed E-state index contributed by atoms with van der Waals surface area (Å²) >= 11 is 0. The Morgan fingerprint density at radius 2 is 2.37 bits per heavy atom. The molecule has 0 unspecified atom stereocenters. The summed E-state index contributed by atoms with van der Waals surface area (Å²) in [6.45, 7) is 3.15. The molecule has 0 amide bonds. The number of nitrogens with two attached hydrogens (primary N) is 1. The van der Waals surface area contributed by atoms with E-state index in [4.69, 9.17) is 10.5 Å². The van der Waals surface area contributed by atoms with Crippen molar-refractivity contribution in [1.29, 1.82) is 0 Å². The van der Waals surface area contributed by atoms with Gasteiger partial charge in [-0.1, -0.05) is 0 Å². The summed E-state index contributed by atoms with van der Waals surface area (Å²) in [6.07, 6.45) is 0.813. The number of imidazole rings is 1. The van der Waals surface area contributed by atoms with Gasteiger partial charge in [-0.2, -0.15) is 0 Å². The van der Waals surface area contributed by atoms with Gasteiger partial charge in [0.15, 0.2) is 12.6 Å². The minimum absolute atomic E-state index is 0.105.